The maximum atomic E-state index is 12.3. The van der Waals surface area contributed by atoms with Crippen LogP contribution in [0.5, 0.6) is 0 Å². The van der Waals surface area contributed by atoms with Crippen LogP contribution in [0.1, 0.15) is 30.6 Å². The van der Waals surface area contributed by atoms with Crippen LogP contribution in [0.25, 0.3) is 0 Å². The molecule has 2 rings (SSSR count). The number of hydrogen-bond donors (Lipinski definition) is 2. The van der Waals surface area contributed by atoms with Gasteiger partial charge in [0.15, 0.2) is 0 Å². The maximum absolute atomic E-state index is 12.3. The molecule has 0 radical (unpaired) electrons. The number of carbonyl (C=O) groups excluding carboxylic acids is 1. The molecule has 0 aromatic carbocycles. The van der Waals surface area contributed by atoms with Gasteiger partial charge in [-0.1, -0.05) is 6.08 Å². The average molecular weight is 341 g/mol. The van der Waals surface area contributed by atoms with E-state index in [1.54, 1.807) is 10.8 Å². The molecule has 1 amide bonds. The molecule has 128 valence electrons. The fourth-order valence-corrected chi connectivity index (χ4v) is 3.91. The zero-order valence-corrected chi connectivity index (χ0v) is 14.4. The standard InChI is InChI=1S/C14H23N5O3S/c1-5-7-15-14(20)13-8-12(17-23(21,22)18(13)4)11-9-19(6-2)16-10(11)3/h5,9,12-13,17H,1,6-8H2,2-4H3,(H,15,20)/t12-,13-/m1/s1. The summed E-state index contributed by atoms with van der Waals surface area (Å²) in [6, 6.07) is -1.24. The number of carbonyl (C=O) groups is 1. The van der Waals surface area contributed by atoms with Gasteiger partial charge in [0, 0.05) is 31.9 Å². The second-order valence-corrected chi connectivity index (χ2v) is 7.26. The predicted molar refractivity (Wildman–Crippen MR) is 86.8 cm³/mol. The van der Waals surface area contributed by atoms with Crippen LogP contribution in [-0.4, -0.2) is 48.0 Å². The normalized spacial score (nSPS) is 24.3. The Morgan fingerprint density at radius 2 is 2.30 bits per heavy atom. The van der Waals surface area contributed by atoms with Crippen LogP contribution in [0, 0.1) is 6.92 Å². The molecule has 9 heteroatoms. The lowest BCUT2D eigenvalue weighted by Crippen LogP contribution is -2.57. The average Bonchev–Trinajstić information content (AvgIpc) is 2.88. The minimum absolute atomic E-state index is 0.300. The molecule has 0 saturated carbocycles. The van der Waals surface area contributed by atoms with Crippen molar-refractivity contribution in [3.63, 3.8) is 0 Å². The number of aromatic nitrogens is 2. The third-order valence-corrected chi connectivity index (χ3v) is 5.57. The molecule has 1 fully saturated rings. The van der Waals surface area contributed by atoms with E-state index in [1.165, 1.54) is 7.05 Å². The number of nitrogens with one attached hydrogen (secondary N) is 2. The summed E-state index contributed by atoms with van der Waals surface area (Å²) in [5.74, 6) is -0.331. The number of rotatable bonds is 5. The molecular weight excluding hydrogens is 318 g/mol. The van der Waals surface area contributed by atoms with E-state index >= 15 is 0 Å². The number of aryl methyl sites for hydroxylation is 2. The molecule has 2 N–H and O–H groups in total. The number of hydrogen-bond acceptors (Lipinski definition) is 4. The Bertz CT molecular complexity index is 697. The molecule has 0 spiro atoms. The summed E-state index contributed by atoms with van der Waals surface area (Å²) in [5, 5.41) is 7.01. The third kappa shape index (κ3) is 3.62. The summed E-state index contributed by atoms with van der Waals surface area (Å²) in [7, 11) is -2.33. The van der Waals surface area contributed by atoms with Gasteiger partial charge < -0.3 is 5.32 Å². The summed E-state index contributed by atoms with van der Waals surface area (Å²) in [5.41, 5.74) is 1.55. The zero-order chi connectivity index (χ0) is 17.2. The summed E-state index contributed by atoms with van der Waals surface area (Å²) in [6.45, 7) is 8.33. The summed E-state index contributed by atoms with van der Waals surface area (Å²) in [6.07, 6.45) is 3.72. The molecule has 0 bridgehead atoms. The van der Waals surface area contributed by atoms with Gasteiger partial charge in [0.25, 0.3) is 10.2 Å². The van der Waals surface area contributed by atoms with Crippen molar-refractivity contribution < 1.29 is 13.2 Å². The van der Waals surface area contributed by atoms with E-state index in [1.807, 2.05) is 20.0 Å². The van der Waals surface area contributed by atoms with Crippen molar-refractivity contribution in [1.82, 2.24) is 24.1 Å². The number of likely N-dealkylation sites (N-methyl/N-ethyl adjacent to an activating group) is 1. The van der Waals surface area contributed by atoms with E-state index in [0.717, 1.165) is 15.6 Å². The van der Waals surface area contributed by atoms with Crippen LogP contribution in [0.2, 0.25) is 0 Å². The first-order valence-electron chi connectivity index (χ1n) is 7.48. The smallest absolute Gasteiger partial charge is 0.280 e. The van der Waals surface area contributed by atoms with Gasteiger partial charge in [-0.15, -0.1) is 6.58 Å². The van der Waals surface area contributed by atoms with Crippen LogP contribution in [0.15, 0.2) is 18.9 Å². The summed E-state index contributed by atoms with van der Waals surface area (Å²) < 4.78 is 30.1. The van der Waals surface area contributed by atoms with E-state index in [9.17, 15) is 13.2 Å². The molecule has 1 aromatic rings. The molecule has 1 aliphatic heterocycles. The van der Waals surface area contributed by atoms with Crippen LogP contribution < -0.4 is 10.0 Å². The first kappa shape index (κ1) is 17.6. The molecule has 2 atom stereocenters. The Kier molecular flexibility index (Phi) is 5.23. The SMILES string of the molecule is C=CCNC(=O)[C@H]1C[C@H](c2cn(CC)nc2C)NS(=O)(=O)N1C. The van der Waals surface area contributed by atoms with Crippen LogP contribution >= 0.6 is 0 Å². The highest BCUT2D eigenvalue weighted by Crippen LogP contribution is 2.29. The van der Waals surface area contributed by atoms with Crippen LogP contribution in [0.3, 0.4) is 0 Å². The van der Waals surface area contributed by atoms with Gasteiger partial charge in [-0.2, -0.15) is 22.5 Å². The first-order valence-corrected chi connectivity index (χ1v) is 8.92. The topological polar surface area (TPSA) is 96.3 Å². The van der Waals surface area contributed by atoms with Crippen LogP contribution in [-0.2, 0) is 21.5 Å². The predicted octanol–water partition coefficient (Wildman–Crippen LogP) is 0.0932. The van der Waals surface area contributed by atoms with E-state index in [0.29, 0.717) is 19.5 Å². The largest absolute Gasteiger partial charge is 0.351 e. The van der Waals surface area contributed by atoms with Gasteiger partial charge in [0.05, 0.1) is 11.7 Å². The fourth-order valence-electron chi connectivity index (χ4n) is 2.64. The lowest BCUT2D eigenvalue weighted by Gasteiger charge is -2.35. The fraction of sp³-hybridized carbons (Fsp3) is 0.571. The highest BCUT2D eigenvalue weighted by atomic mass is 32.2. The molecule has 0 aliphatic carbocycles. The summed E-state index contributed by atoms with van der Waals surface area (Å²) >= 11 is 0. The van der Waals surface area contributed by atoms with Crippen molar-refractivity contribution in [2.75, 3.05) is 13.6 Å². The maximum Gasteiger partial charge on any atom is 0.280 e. The number of amides is 1. The Labute approximate surface area is 136 Å². The van der Waals surface area contributed by atoms with Gasteiger partial charge in [-0.3, -0.25) is 9.48 Å². The van der Waals surface area contributed by atoms with Gasteiger partial charge in [-0.25, -0.2) is 0 Å². The Balaban J connectivity index is 2.30. The van der Waals surface area contributed by atoms with Gasteiger partial charge in [0.1, 0.15) is 6.04 Å². The Hall–Kier alpha value is -1.71. The van der Waals surface area contributed by atoms with E-state index in [-0.39, 0.29) is 5.91 Å². The Morgan fingerprint density at radius 3 is 2.87 bits per heavy atom. The molecule has 0 unspecified atom stereocenters. The number of nitrogens with zero attached hydrogens (tertiary/aromatic N) is 3. The monoisotopic (exact) mass is 341 g/mol. The first-order chi connectivity index (χ1) is 10.8. The molecule has 1 aliphatic rings. The van der Waals surface area contributed by atoms with E-state index in [2.05, 4.69) is 21.7 Å². The van der Waals surface area contributed by atoms with Gasteiger partial charge >= 0.3 is 0 Å². The second kappa shape index (κ2) is 6.81. The summed E-state index contributed by atoms with van der Waals surface area (Å²) in [4.78, 5) is 12.3. The second-order valence-electron chi connectivity index (χ2n) is 5.50. The highest BCUT2D eigenvalue weighted by Gasteiger charge is 2.41. The van der Waals surface area contributed by atoms with Crippen molar-refractivity contribution in [1.29, 1.82) is 0 Å². The molecule has 1 saturated heterocycles. The molecule has 8 nitrogen and oxygen atoms in total. The molecule has 1 aromatic heterocycles. The van der Waals surface area contributed by atoms with Crippen molar-refractivity contribution in [2.45, 2.75) is 38.9 Å². The van der Waals surface area contributed by atoms with Crippen molar-refractivity contribution in [3.05, 3.63) is 30.1 Å². The molecular formula is C14H23N5O3S. The minimum atomic E-state index is -3.73. The Morgan fingerprint density at radius 1 is 1.61 bits per heavy atom. The minimum Gasteiger partial charge on any atom is -0.351 e. The zero-order valence-electron chi connectivity index (χ0n) is 13.6. The molecule has 2 heterocycles. The van der Waals surface area contributed by atoms with Crippen molar-refractivity contribution in [3.8, 4) is 0 Å². The van der Waals surface area contributed by atoms with Gasteiger partial charge in [0.2, 0.25) is 5.91 Å². The van der Waals surface area contributed by atoms with Crippen LogP contribution in [0.4, 0.5) is 0 Å². The lowest BCUT2D eigenvalue weighted by molar-refractivity contribution is -0.125. The van der Waals surface area contributed by atoms with E-state index < -0.39 is 22.3 Å². The quantitative estimate of drug-likeness (QED) is 0.742. The third-order valence-electron chi connectivity index (χ3n) is 3.98. The highest BCUT2D eigenvalue weighted by molar-refractivity contribution is 7.87. The van der Waals surface area contributed by atoms with Gasteiger partial charge in [-0.05, 0) is 20.3 Å². The lowest BCUT2D eigenvalue weighted by atomic mass is 10.00. The van der Waals surface area contributed by atoms with Crippen molar-refractivity contribution >= 4 is 16.1 Å². The van der Waals surface area contributed by atoms with E-state index in [4.69, 9.17) is 0 Å². The molecule has 23 heavy (non-hydrogen) atoms. The van der Waals surface area contributed by atoms with Crippen molar-refractivity contribution in [2.24, 2.45) is 0 Å².